The van der Waals surface area contributed by atoms with Crippen LogP contribution in [0.3, 0.4) is 0 Å². The molecule has 0 aliphatic carbocycles. The zero-order valence-corrected chi connectivity index (χ0v) is 9.54. The van der Waals surface area contributed by atoms with Crippen molar-refractivity contribution in [3.8, 4) is 0 Å². The van der Waals surface area contributed by atoms with E-state index in [1.807, 2.05) is 28.9 Å². The highest BCUT2D eigenvalue weighted by Gasteiger charge is 2.12. The molecule has 0 saturated carbocycles. The number of nitrogens with two attached hydrogens (primary N) is 1. The molecule has 0 bridgehead atoms. The highest BCUT2D eigenvalue weighted by Crippen LogP contribution is 2.16. The zero-order valence-electron chi connectivity index (χ0n) is 9.54. The second kappa shape index (κ2) is 4.03. The Hall–Kier alpha value is -2.56. The maximum atomic E-state index is 11.2. The van der Waals surface area contributed by atoms with E-state index in [-0.39, 0.29) is 5.76 Å². The quantitative estimate of drug-likeness (QED) is 0.757. The first kappa shape index (κ1) is 10.6. The van der Waals surface area contributed by atoms with Crippen molar-refractivity contribution >= 4 is 11.6 Å². The van der Waals surface area contributed by atoms with Gasteiger partial charge in [-0.3, -0.25) is 4.79 Å². The maximum Gasteiger partial charge on any atom is 0.284 e. The van der Waals surface area contributed by atoms with Gasteiger partial charge in [-0.1, -0.05) is 0 Å². The van der Waals surface area contributed by atoms with Crippen molar-refractivity contribution in [3.63, 3.8) is 0 Å². The van der Waals surface area contributed by atoms with E-state index in [0.29, 0.717) is 6.42 Å². The molecule has 5 heteroatoms. The number of carbonyl (C=O) groups is 1. The number of primary amides is 1. The Labute approximate surface area is 103 Å². The van der Waals surface area contributed by atoms with Gasteiger partial charge in [0.1, 0.15) is 5.65 Å². The molecule has 0 aromatic carbocycles. The van der Waals surface area contributed by atoms with E-state index < -0.39 is 5.91 Å². The summed E-state index contributed by atoms with van der Waals surface area (Å²) in [6.45, 7) is 0. The maximum absolute atomic E-state index is 11.2. The fourth-order valence-corrected chi connectivity index (χ4v) is 1.97. The molecular weight excluding hydrogens is 230 g/mol. The topological polar surface area (TPSA) is 73.5 Å². The number of hydrogen-bond donors (Lipinski definition) is 1. The summed E-state index contributed by atoms with van der Waals surface area (Å²) in [5.74, 6) is -0.324. The Morgan fingerprint density at radius 3 is 3.11 bits per heavy atom. The highest BCUT2D eigenvalue weighted by atomic mass is 16.3. The van der Waals surface area contributed by atoms with Crippen LogP contribution >= 0.6 is 0 Å². The van der Waals surface area contributed by atoms with Crippen molar-refractivity contribution in [2.45, 2.75) is 6.42 Å². The fraction of sp³-hybridized carbons (Fsp3) is 0.0769. The van der Waals surface area contributed by atoms with Gasteiger partial charge in [-0.2, -0.15) is 0 Å². The van der Waals surface area contributed by atoms with Gasteiger partial charge in [0.05, 0.1) is 6.26 Å². The molecule has 0 aliphatic rings. The lowest BCUT2D eigenvalue weighted by atomic mass is 10.1. The van der Waals surface area contributed by atoms with Gasteiger partial charge in [0.25, 0.3) is 5.91 Å². The highest BCUT2D eigenvalue weighted by molar-refractivity contribution is 5.91. The van der Waals surface area contributed by atoms with Crippen LogP contribution in [0, 0.1) is 0 Å². The third-order valence-corrected chi connectivity index (χ3v) is 2.83. The van der Waals surface area contributed by atoms with Crippen molar-refractivity contribution in [2.24, 2.45) is 5.73 Å². The molecule has 90 valence electrons. The zero-order chi connectivity index (χ0) is 12.5. The number of imidazole rings is 1. The molecule has 2 N–H and O–H groups in total. The molecule has 3 aromatic rings. The van der Waals surface area contributed by atoms with E-state index >= 15 is 0 Å². The second-order valence-corrected chi connectivity index (χ2v) is 4.04. The number of furan rings is 1. The lowest BCUT2D eigenvalue weighted by molar-refractivity contribution is 0.0973. The van der Waals surface area contributed by atoms with E-state index in [0.717, 1.165) is 16.8 Å². The van der Waals surface area contributed by atoms with E-state index in [2.05, 4.69) is 4.98 Å². The molecule has 0 fully saturated rings. The molecule has 1 amide bonds. The predicted octanol–water partition coefficient (Wildman–Crippen LogP) is 1.62. The number of aromatic nitrogens is 2. The number of pyridine rings is 1. The van der Waals surface area contributed by atoms with Crippen molar-refractivity contribution < 1.29 is 9.21 Å². The van der Waals surface area contributed by atoms with Crippen molar-refractivity contribution in [2.75, 3.05) is 0 Å². The molecule has 0 aliphatic heterocycles. The minimum atomic E-state index is -0.545. The SMILES string of the molecule is NC(=O)c1occc1Cc1ccn2ccnc2c1. The van der Waals surface area contributed by atoms with Crippen LogP contribution in [-0.4, -0.2) is 15.3 Å². The molecule has 3 heterocycles. The van der Waals surface area contributed by atoms with Crippen LogP contribution in [0.2, 0.25) is 0 Å². The van der Waals surface area contributed by atoms with Gasteiger partial charge in [-0.25, -0.2) is 4.98 Å². The van der Waals surface area contributed by atoms with Crippen LogP contribution in [0.5, 0.6) is 0 Å². The van der Waals surface area contributed by atoms with Crippen LogP contribution < -0.4 is 5.73 Å². The van der Waals surface area contributed by atoms with E-state index in [9.17, 15) is 4.79 Å². The summed E-state index contributed by atoms with van der Waals surface area (Å²) in [5, 5.41) is 0. The molecule has 0 saturated heterocycles. The molecule has 0 spiro atoms. The Bertz CT molecular complexity index is 712. The Balaban J connectivity index is 1.95. The minimum Gasteiger partial charge on any atom is -0.459 e. The van der Waals surface area contributed by atoms with Gasteiger partial charge in [0.15, 0.2) is 5.76 Å². The largest absolute Gasteiger partial charge is 0.459 e. The summed E-state index contributed by atoms with van der Waals surface area (Å²) >= 11 is 0. The Kier molecular flexibility index (Phi) is 2.37. The number of carbonyl (C=O) groups excluding carboxylic acids is 1. The summed E-state index contributed by atoms with van der Waals surface area (Å²) in [4.78, 5) is 15.4. The first-order chi connectivity index (χ1) is 8.74. The Morgan fingerprint density at radius 2 is 2.28 bits per heavy atom. The summed E-state index contributed by atoms with van der Waals surface area (Å²) in [7, 11) is 0. The van der Waals surface area contributed by atoms with Crippen molar-refractivity contribution in [3.05, 3.63) is 59.9 Å². The van der Waals surface area contributed by atoms with E-state index in [1.165, 1.54) is 6.26 Å². The first-order valence-electron chi connectivity index (χ1n) is 5.52. The summed E-state index contributed by atoms with van der Waals surface area (Å²) < 4.78 is 7.00. The number of hydrogen-bond acceptors (Lipinski definition) is 3. The van der Waals surface area contributed by atoms with Crippen molar-refractivity contribution in [1.82, 2.24) is 9.38 Å². The van der Waals surface area contributed by atoms with E-state index in [4.69, 9.17) is 10.2 Å². The standard InChI is InChI=1S/C13H11N3O2/c14-13(17)12-10(2-6-18-12)7-9-1-4-16-5-3-15-11(16)8-9/h1-6,8H,7H2,(H2,14,17). The lowest BCUT2D eigenvalue weighted by Crippen LogP contribution is -2.12. The average molecular weight is 241 g/mol. The molecular formula is C13H11N3O2. The van der Waals surface area contributed by atoms with Gasteiger partial charge < -0.3 is 14.6 Å². The molecule has 0 atom stereocenters. The smallest absolute Gasteiger partial charge is 0.284 e. The van der Waals surface area contributed by atoms with Gasteiger partial charge >= 0.3 is 0 Å². The van der Waals surface area contributed by atoms with Crippen LogP contribution in [-0.2, 0) is 6.42 Å². The third kappa shape index (κ3) is 1.75. The predicted molar refractivity (Wildman–Crippen MR) is 65.2 cm³/mol. The van der Waals surface area contributed by atoms with Gasteiger partial charge in [-0.15, -0.1) is 0 Å². The first-order valence-corrected chi connectivity index (χ1v) is 5.52. The van der Waals surface area contributed by atoms with Crippen LogP contribution in [0.25, 0.3) is 5.65 Å². The van der Waals surface area contributed by atoms with Gasteiger partial charge in [0.2, 0.25) is 0 Å². The molecule has 0 radical (unpaired) electrons. The lowest BCUT2D eigenvalue weighted by Gasteiger charge is -2.01. The molecule has 3 aromatic heterocycles. The second-order valence-electron chi connectivity index (χ2n) is 4.04. The van der Waals surface area contributed by atoms with Crippen LogP contribution in [0.4, 0.5) is 0 Å². The molecule has 18 heavy (non-hydrogen) atoms. The van der Waals surface area contributed by atoms with Crippen LogP contribution in [0.15, 0.2) is 47.5 Å². The molecule has 0 unspecified atom stereocenters. The summed E-state index contributed by atoms with van der Waals surface area (Å²) in [5.41, 5.74) is 7.95. The monoisotopic (exact) mass is 241 g/mol. The van der Waals surface area contributed by atoms with Crippen molar-refractivity contribution in [1.29, 1.82) is 0 Å². The fourth-order valence-electron chi connectivity index (χ4n) is 1.97. The van der Waals surface area contributed by atoms with Gasteiger partial charge in [-0.05, 0) is 23.8 Å². The number of rotatable bonds is 3. The minimum absolute atomic E-state index is 0.221. The normalized spacial score (nSPS) is 10.9. The summed E-state index contributed by atoms with van der Waals surface area (Å²) in [6, 6.07) is 5.71. The summed E-state index contributed by atoms with van der Waals surface area (Å²) in [6.07, 6.45) is 7.63. The number of fused-ring (bicyclic) bond motifs is 1. The molecule has 5 nitrogen and oxygen atoms in total. The third-order valence-electron chi connectivity index (χ3n) is 2.83. The number of amides is 1. The van der Waals surface area contributed by atoms with Crippen LogP contribution in [0.1, 0.15) is 21.7 Å². The Morgan fingerprint density at radius 1 is 1.39 bits per heavy atom. The number of nitrogens with zero attached hydrogens (tertiary/aromatic N) is 2. The molecule has 3 rings (SSSR count). The average Bonchev–Trinajstić information content (AvgIpc) is 2.96. The van der Waals surface area contributed by atoms with E-state index in [1.54, 1.807) is 12.3 Å². The van der Waals surface area contributed by atoms with Gasteiger partial charge in [0, 0.05) is 30.6 Å².